The summed E-state index contributed by atoms with van der Waals surface area (Å²) in [5, 5.41) is 8.69. The monoisotopic (exact) mass is 202 g/mol. The maximum Gasteiger partial charge on any atom is 0.306 e. The van der Waals surface area contributed by atoms with Crippen molar-refractivity contribution in [1.29, 1.82) is 0 Å². The van der Waals surface area contributed by atoms with Gasteiger partial charge in [-0.1, -0.05) is 6.32 Å². The molecular formula is C9H21BNO3+. The van der Waals surface area contributed by atoms with Gasteiger partial charge in [0.15, 0.2) is 0 Å². The Balaban J connectivity index is 4.03. The first-order valence-corrected chi connectivity index (χ1v) is 4.99. The van der Waals surface area contributed by atoms with Gasteiger partial charge in [0, 0.05) is 6.61 Å². The Morgan fingerprint density at radius 2 is 2.07 bits per heavy atom. The second-order valence-electron chi connectivity index (χ2n) is 4.56. The van der Waals surface area contributed by atoms with Crippen LogP contribution in [0.3, 0.4) is 0 Å². The highest BCUT2D eigenvalue weighted by Crippen LogP contribution is 2.05. The number of aliphatic carboxylic acids is 1. The highest BCUT2D eigenvalue weighted by Gasteiger charge is 2.21. The van der Waals surface area contributed by atoms with Gasteiger partial charge in [0.1, 0.15) is 20.5 Å². The fourth-order valence-electron chi connectivity index (χ4n) is 1.27. The molecule has 4 nitrogen and oxygen atoms in total. The molecule has 0 aromatic heterocycles. The fraction of sp³-hybridized carbons (Fsp3) is 0.889. The maximum atomic E-state index is 10.6. The molecule has 0 rings (SSSR count). The molecule has 0 aliphatic heterocycles. The molecule has 1 atom stereocenters. The first kappa shape index (κ1) is 13.5. The summed E-state index contributed by atoms with van der Waals surface area (Å²) in [5.41, 5.74) is 0. The summed E-state index contributed by atoms with van der Waals surface area (Å²) in [6.45, 7) is 1.37. The number of rotatable bonds is 7. The third-order valence-electron chi connectivity index (χ3n) is 1.71. The van der Waals surface area contributed by atoms with Crippen molar-refractivity contribution in [2.45, 2.75) is 18.8 Å². The fourth-order valence-corrected chi connectivity index (χ4v) is 1.27. The summed E-state index contributed by atoms with van der Waals surface area (Å²) in [7, 11) is 8.11. The summed E-state index contributed by atoms with van der Waals surface area (Å²) in [5.74, 6) is -0.792. The molecule has 0 radical (unpaired) electrons. The van der Waals surface area contributed by atoms with Crippen molar-refractivity contribution < 1.29 is 19.1 Å². The lowest BCUT2D eigenvalue weighted by atomic mass is 10.1. The minimum Gasteiger partial charge on any atom is -0.481 e. The molecule has 0 heterocycles. The van der Waals surface area contributed by atoms with Crippen molar-refractivity contribution in [1.82, 2.24) is 0 Å². The number of nitrogens with zero attached hydrogens (tertiary/aromatic N) is 1. The van der Waals surface area contributed by atoms with Crippen LogP contribution in [0.4, 0.5) is 0 Å². The van der Waals surface area contributed by atoms with Crippen LogP contribution in [0, 0.1) is 0 Å². The second-order valence-corrected chi connectivity index (χ2v) is 4.56. The molecule has 0 bridgehead atoms. The average molecular weight is 202 g/mol. The van der Waals surface area contributed by atoms with Gasteiger partial charge in [-0.15, -0.1) is 0 Å². The van der Waals surface area contributed by atoms with Gasteiger partial charge in [-0.05, 0) is 0 Å². The Morgan fingerprint density at radius 3 is 2.43 bits per heavy atom. The summed E-state index contributed by atoms with van der Waals surface area (Å²) < 4.78 is 6.21. The predicted molar refractivity (Wildman–Crippen MR) is 58.2 cm³/mol. The van der Waals surface area contributed by atoms with Gasteiger partial charge < -0.3 is 14.3 Å². The number of carboxylic acid groups (broad SMARTS) is 1. The zero-order chi connectivity index (χ0) is 11.2. The van der Waals surface area contributed by atoms with E-state index in [1.807, 2.05) is 29.0 Å². The van der Waals surface area contributed by atoms with Crippen LogP contribution >= 0.6 is 0 Å². The first-order chi connectivity index (χ1) is 6.35. The minimum absolute atomic E-state index is 0.0928. The molecule has 0 aliphatic carbocycles. The summed E-state index contributed by atoms with van der Waals surface area (Å²) >= 11 is 0. The smallest absolute Gasteiger partial charge is 0.306 e. The lowest BCUT2D eigenvalue weighted by Gasteiger charge is -2.28. The highest BCUT2D eigenvalue weighted by molar-refractivity contribution is 6.08. The van der Waals surface area contributed by atoms with Crippen molar-refractivity contribution in [3.05, 3.63) is 0 Å². The number of quaternary nitrogens is 1. The molecule has 5 heteroatoms. The Kier molecular flexibility index (Phi) is 5.80. The van der Waals surface area contributed by atoms with Gasteiger partial charge in [-0.2, -0.15) is 0 Å². The van der Waals surface area contributed by atoms with Crippen molar-refractivity contribution in [3.8, 4) is 0 Å². The van der Waals surface area contributed by atoms with E-state index in [-0.39, 0.29) is 12.5 Å². The lowest BCUT2D eigenvalue weighted by Crippen LogP contribution is -2.43. The van der Waals surface area contributed by atoms with Crippen LogP contribution in [0.1, 0.15) is 6.42 Å². The van der Waals surface area contributed by atoms with E-state index >= 15 is 0 Å². The number of carbonyl (C=O) groups is 1. The molecule has 0 saturated carbocycles. The van der Waals surface area contributed by atoms with E-state index < -0.39 is 5.97 Å². The third-order valence-corrected chi connectivity index (χ3v) is 1.71. The minimum atomic E-state index is -0.792. The van der Waals surface area contributed by atoms with Gasteiger partial charge in [0.05, 0.1) is 27.6 Å². The van der Waals surface area contributed by atoms with Crippen molar-refractivity contribution in [3.63, 3.8) is 0 Å². The van der Waals surface area contributed by atoms with Crippen LogP contribution in [-0.2, 0) is 9.53 Å². The van der Waals surface area contributed by atoms with E-state index in [1.54, 1.807) is 0 Å². The van der Waals surface area contributed by atoms with E-state index in [1.165, 1.54) is 0 Å². The van der Waals surface area contributed by atoms with Gasteiger partial charge in [-0.3, -0.25) is 4.79 Å². The number of ether oxygens (including phenoxy) is 1. The van der Waals surface area contributed by atoms with E-state index in [0.29, 0.717) is 6.61 Å². The van der Waals surface area contributed by atoms with Crippen LogP contribution in [-0.4, -0.2) is 63.8 Å². The molecule has 0 aliphatic rings. The van der Waals surface area contributed by atoms with Crippen LogP contribution in [0.2, 0.25) is 6.32 Å². The number of hydrogen-bond acceptors (Lipinski definition) is 2. The van der Waals surface area contributed by atoms with Crippen LogP contribution < -0.4 is 0 Å². The lowest BCUT2D eigenvalue weighted by molar-refractivity contribution is -0.873. The standard InChI is InChI=1S/C9H20BNO3/c1-11(2,3)7-8(6-9(12)13)14-5-4-10/h8H,4-7,10H2,1-3H3/p+1. The summed E-state index contributed by atoms with van der Waals surface area (Å²) in [6.07, 6.45) is 0.843. The molecule has 0 aromatic rings. The molecule has 14 heavy (non-hydrogen) atoms. The van der Waals surface area contributed by atoms with Gasteiger partial charge in [-0.25, -0.2) is 0 Å². The summed E-state index contributed by atoms with van der Waals surface area (Å²) in [6, 6.07) is 0. The molecule has 0 spiro atoms. The normalized spacial score (nSPS) is 13.9. The molecule has 0 fully saturated rings. The Hall–Kier alpha value is -0.545. The Morgan fingerprint density at radius 1 is 1.50 bits per heavy atom. The molecule has 1 unspecified atom stereocenters. The van der Waals surface area contributed by atoms with Gasteiger partial charge in [0.2, 0.25) is 0 Å². The topological polar surface area (TPSA) is 46.5 Å². The highest BCUT2D eigenvalue weighted by atomic mass is 16.5. The predicted octanol–water partition coefficient (Wildman–Crippen LogP) is -0.396. The van der Waals surface area contributed by atoms with E-state index in [4.69, 9.17) is 9.84 Å². The van der Waals surface area contributed by atoms with Crippen molar-refractivity contribution >= 4 is 13.8 Å². The quantitative estimate of drug-likeness (QED) is 0.451. The van der Waals surface area contributed by atoms with Gasteiger partial charge in [0.25, 0.3) is 0 Å². The van der Waals surface area contributed by atoms with E-state index in [2.05, 4.69) is 0 Å². The maximum absolute atomic E-state index is 10.6. The molecule has 0 aromatic carbocycles. The SMILES string of the molecule is BCCOC(CC(=O)O)C[N+](C)(C)C. The molecule has 1 N–H and O–H groups in total. The molecule has 82 valence electrons. The molecule has 0 saturated heterocycles. The van der Waals surface area contributed by atoms with Crippen molar-refractivity contribution in [2.24, 2.45) is 0 Å². The Bertz CT molecular complexity index is 179. The summed E-state index contributed by atoms with van der Waals surface area (Å²) in [4.78, 5) is 10.6. The largest absolute Gasteiger partial charge is 0.481 e. The second kappa shape index (κ2) is 6.04. The Labute approximate surface area is 86.8 Å². The van der Waals surface area contributed by atoms with Crippen LogP contribution in [0.25, 0.3) is 0 Å². The molecular weight excluding hydrogens is 181 g/mol. The number of carboxylic acids is 1. The third kappa shape index (κ3) is 8.07. The zero-order valence-corrected chi connectivity index (χ0v) is 9.62. The zero-order valence-electron chi connectivity index (χ0n) is 9.62. The van der Waals surface area contributed by atoms with E-state index in [9.17, 15) is 4.79 Å². The first-order valence-electron chi connectivity index (χ1n) is 4.99. The van der Waals surface area contributed by atoms with E-state index in [0.717, 1.165) is 17.3 Å². The van der Waals surface area contributed by atoms with Gasteiger partial charge >= 0.3 is 5.97 Å². The van der Waals surface area contributed by atoms with Crippen LogP contribution in [0.15, 0.2) is 0 Å². The number of hydrogen-bond donors (Lipinski definition) is 1. The molecule has 0 amide bonds. The van der Waals surface area contributed by atoms with Crippen LogP contribution in [0.5, 0.6) is 0 Å². The number of likely N-dealkylation sites (N-methyl/N-ethyl adjacent to an activating group) is 1. The average Bonchev–Trinajstić information content (AvgIpc) is 1.96. The van der Waals surface area contributed by atoms with Crippen molar-refractivity contribution in [2.75, 3.05) is 34.3 Å².